The van der Waals surface area contributed by atoms with E-state index < -0.39 is 18.3 Å². The zero-order chi connectivity index (χ0) is 13.5. The standard InChI is InChI=1S/C10H17F4NO2/c1-2-3-7(4-5-16)6-15-9(17)10(13,14)8(11)12/h7-8,16H,2-6H2,1H3,(H,15,17). The molecule has 0 aliphatic carbocycles. The first-order valence-electron chi connectivity index (χ1n) is 5.41. The number of nitrogens with one attached hydrogen (secondary N) is 1. The lowest BCUT2D eigenvalue weighted by molar-refractivity contribution is -0.169. The van der Waals surface area contributed by atoms with Crippen molar-refractivity contribution in [2.45, 2.75) is 38.5 Å². The van der Waals surface area contributed by atoms with Gasteiger partial charge in [0.1, 0.15) is 0 Å². The van der Waals surface area contributed by atoms with E-state index in [0.717, 1.165) is 6.42 Å². The summed E-state index contributed by atoms with van der Waals surface area (Å²) in [5.74, 6) is -6.80. The van der Waals surface area contributed by atoms with Gasteiger partial charge in [0.05, 0.1) is 0 Å². The van der Waals surface area contributed by atoms with Crippen molar-refractivity contribution < 1.29 is 27.5 Å². The van der Waals surface area contributed by atoms with E-state index in [1.807, 2.05) is 6.92 Å². The SMILES string of the molecule is CCCC(CCO)CNC(=O)C(F)(F)C(F)F. The van der Waals surface area contributed by atoms with Crippen LogP contribution in [-0.4, -0.2) is 36.5 Å². The Labute approximate surface area is 97.2 Å². The lowest BCUT2D eigenvalue weighted by Crippen LogP contribution is -2.46. The monoisotopic (exact) mass is 259 g/mol. The molecule has 0 spiro atoms. The average Bonchev–Trinajstić information content (AvgIpc) is 2.25. The Hall–Kier alpha value is -0.850. The van der Waals surface area contributed by atoms with Crippen molar-refractivity contribution in [2.75, 3.05) is 13.2 Å². The summed E-state index contributed by atoms with van der Waals surface area (Å²) in [7, 11) is 0. The number of carbonyl (C=O) groups excluding carboxylic acids is 1. The molecule has 0 aromatic rings. The van der Waals surface area contributed by atoms with Crippen molar-refractivity contribution >= 4 is 5.91 Å². The van der Waals surface area contributed by atoms with E-state index >= 15 is 0 Å². The average molecular weight is 259 g/mol. The van der Waals surface area contributed by atoms with Gasteiger partial charge in [0.15, 0.2) is 0 Å². The van der Waals surface area contributed by atoms with Crippen LogP contribution in [0.2, 0.25) is 0 Å². The maximum atomic E-state index is 12.6. The van der Waals surface area contributed by atoms with Crippen LogP contribution in [0.1, 0.15) is 26.2 Å². The fraction of sp³-hybridized carbons (Fsp3) is 0.900. The van der Waals surface area contributed by atoms with Gasteiger partial charge in [-0.05, 0) is 18.8 Å². The van der Waals surface area contributed by atoms with Gasteiger partial charge in [0.25, 0.3) is 5.91 Å². The van der Waals surface area contributed by atoms with E-state index in [1.54, 1.807) is 5.32 Å². The zero-order valence-electron chi connectivity index (χ0n) is 9.56. The lowest BCUT2D eigenvalue weighted by Gasteiger charge is -2.19. The molecule has 0 radical (unpaired) electrons. The maximum absolute atomic E-state index is 12.6. The molecular formula is C10H17F4NO2. The summed E-state index contributed by atoms with van der Waals surface area (Å²) < 4.78 is 48.8. The number of carbonyl (C=O) groups is 1. The third-order valence-corrected chi connectivity index (χ3v) is 2.36. The minimum atomic E-state index is -4.66. The van der Waals surface area contributed by atoms with Crippen LogP contribution >= 0.6 is 0 Å². The molecule has 0 aliphatic heterocycles. The Balaban J connectivity index is 4.20. The van der Waals surface area contributed by atoms with Gasteiger partial charge in [-0.1, -0.05) is 13.3 Å². The summed E-state index contributed by atoms with van der Waals surface area (Å²) >= 11 is 0. The topological polar surface area (TPSA) is 49.3 Å². The molecular weight excluding hydrogens is 242 g/mol. The molecule has 0 rings (SSSR count). The van der Waals surface area contributed by atoms with Crippen LogP contribution in [0.4, 0.5) is 17.6 Å². The normalized spacial score (nSPS) is 13.8. The summed E-state index contributed by atoms with van der Waals surface area (Å²) in [5, 5.41) is 10.5. The molecule has 0 aromatic heterocycles. The molecule has 1 atom stereocenters. The number of rotatable bonds is 8. The second kappa shape index (κ2) is 7.47. The van der Waals surface area contributed by atoms with Crippen molar-refractivity contribution in [1.29, 1.82) is 0 Å². The smallest absolute Gasteiger partial charge is 0.383 e. The molecule has 0 aliphatic rings. The Morgan fingerprint density at radius 2 is 1.94 bits per heavy atom. The van der Waals surface area contributed by atoms with Gasteiger partial charge in [-0.25, -0.2) is 8.78 Å². The highest BCUT2D eigenvalue weighted by Crippen LogP contribution is 2.23. The predicted octanol–water partition coefficient (Wildman–Crippen LogP) is 1.80. The Morgan fingerprint density at radius 1 is 1.35 bits per heavy atom. The van der Waals surface area contributed by atoms with Crippen molar-refractivity contribution in [3.05, 3.63) is 0 Å². The molecule has 0 saturated carbocycles. The molecule has 2 N–H and O–H groups in total. The van der Waals surface area contributed by atoms with Gasteiger partial charge < -0.3 is 10.4 Å². The Morgan fingerprint density at radius 3 is 2.35 bits per heavy atom. The van der Waals surface area contributed by atoms with Crippen LogP contribution in [-0.2, 0) is 4.79 Å². The summed E-state index contributed by atoms with van der Waals surface area (Å²) in [6.07, 6.45) is -2.29. The van der Waals surface area contributed by atoms with Gasteiger partial charge in [0, 0.05) is 13.2 Å². The number of hydrogen-bond acceptors (Lipinski definition) is 2. The van der Waals surface area contributed by atoms with E-state index in [-0.39, 0.29) is 19.1 Å². The van der Waals surface area contributed by atoms with Crippen LogP contribution in [0.5, 0.6) is 0 Å². The minimum Gasteiger partial charge on any atom is -0.396 e. The third kappa shape index (κ3) is 5.34. The molecule has 0 heterocycles. The van der Waals surface area contributed by atoms with Crippen molar-refractivity contribution in [3.63, 3.8) is 0 Å². The Bertz CT molecular complexity index is 230. The number of aliphatic hydroxyl groups is 1. The van der Waals surface area contributed by atoms with E-state index in [1.165, 1.54) is 0 Å². The van der Waals surface area contributed by atoms with E-state index in [4.69, 9.17) is 5.11 Å². The molecule has 1 amide bonds. The molecule has 102 valence electrons. The second-order valence-corrected chi connectivity index (χ2v) is 3.80. The van der Waals surface area contributed by atoms with Gasteiger partial charge in [0.2, 0.25) is 0 Å². The number of halogens is 4. The van der Waals surface area contributed by atoms with E-state index in [0.29, 0.717) is 12.8 Å². The molecule has 7 heteroatoms. The highest BCUT2D eigenvalue weighted by atomic mass is 19.3. The largest absolute Gasteiger partial charge is 0.396 e. The first-order chi connectivity index (χ1) is 7.86. The number of amides is 1. The molecule has 17 heavy (non-hydrogen) atoms. The quantitative estimate of drug-likeness (QED) is 0.653. The van der Waals surface area contributed by atoms with Crippen LogP contribution in [0, 0.1) is 5.92 Å². The highest BCUT2D eigenvalue weighted by Gasteiger charge is 2.48. The number of hydrogen-bond donors (Lipinski definition) is 2. The van der Waals surface area contributed by atoms with Gasteiger partial charge in [-0.2, -0.15) is 8.78 Å². The van der Waals surface area contributed by atoms with Gasteiger partial charge >= 0.3 is 12.3 Å². The van der Waals surface area contributed by atoms with Gasteiger partial charge in [-0.3, -0.25) is 4.79 Å². The van der Waals surface area contributed by atoms with Gasteiger partial charge in [-0.15, -0.1) is 0 Å². The molecule has 3 nitrogen and oxygen atoms in total. The first-order valence-corrected chi connectivity index (χ1v) is 5.41. The molecule has 0 fully saturated rings. The van der Waals surface area contributed by atoms with Crippen LogP contribution in [0.15, 0.2) is 0 Å². The summed E-state index contributed by atoms with van der Waals surface area (Å²) in [5.41, 5.74) is 0. The molecule has 0 saturated heterocycles. The first kappa shape index (κ1) is 16.1. The fourth-order valence-electron chi connectivity index (χ4n) is 1.39. The van der Waals surface area contributed by atoms with Crippen molar-refractivity contribution in [2.24, 2.45) is 5.92 Å². The van der Waals surface area contributed by atoms with Crippen LogP contribution in [0.25, 0.3) is 0 Å². The number of alkyl halides is 4. The molecule has 0 aromatic carbocycles. The molecule has 0 bridgehead atoms. The summed E-state index contributed by atoms with van der Waals surface area (Å²) in [6.45, 7) is 1.60. The highest BCUT2D eigenvalue weighted by molar-refractivity contribution is 5.83. The minimum absolute atomic E-state index is 0.129. The van der Waals surface area contributed by atoms with Crippen LogP contribution in [0.3, 0.4) is 0 Å². The number of aliphatic hydroxyl groups excluding tert-OH is 1. The fourth-order valence-corrected chi connectivity index (χ4v) is 1.39. The second-order valence-electron chi connectivity index (χ2n) is 3.80. The zero-order valence-corrected chi connectivity index (χ0v) is 9.56. The Kier molecular flexibility index (Phi) is 7.10. The molecule has 1 unspecified atom stereocenters. The third-order valence-electron chi connectivity index (χ3n) is 2.36. The van der Waals surface area contributed by atoms with Crippen molar-refractivity contribution in [1.82, 2.24) is 5.32 Å². The summed E-state index contributed by atoms with van der Waals surface area (Å²) in [4.78, 5) is 10.8. The van der Waals surface area contributed by atoms with Crippen molar-refractivity contribution in [3.8, 4) is 0 Å². The predicted molar refractivity (Wildman–Crippen MR) is 54.1 cm³/mol. The summed E-state index contributed by atoms with van der Waals surface area (Å²) in [6, 6.07) is 0. The maximum Gasteiger partial charge on any atom is 0.383 e. The van der Waals surface area contributed by atoms with E-state index in [9.17, 15) is 22.4 Å². The van der Waals surface area contributed by atoms with E-state index in [2.05, 4.69) is 0 Å². The van der Waals surface area contributed by atoms with Crippen LogP contribution < -0.4 is 5.32 Å². The lowest BCUT2D eigenvalue weighted by atomic mass is 10.0.